The molecule has 20 heavy (non-hydrogen) atoms. The quantitative estimate of drug-likeness (QED) is 0.639. The van der Waals surface area contributed by atoms with Crippen molar-refractivity contribution in [3.8, 4) is 11.5 Å². The summed E-state index contributed by atoms with van der Waals surface area (Å²) in [6.07, 6.45) is 3.27. The van der Waals surface area contributed by atoms with Gasteiger partial charge in [0.25, 0.3) is 0 Å². The maximum atomic E-state index is 5.68. The first-order chi connectivity index (χ1) is 9.72. The summed E-state index contributed by atoms with van der Waals surface area (Å²) in [5.74, 6) is 7.03. The monoisotopic (exact) mass is 338 g/mol. The second kappa shape index (κ2) is 6.65. The molecule has 2 aromatic rings. The Hall–Kier alpha value is -1.70. The van der Waals surface area contributed by atoms with Crippen LogP contribution in [0.15, 0.2) is 35.1 Å². The molecule has 1 aromatic heterocycles. The molecule has 0 aliphatic heterocycles. The first-order valence-corrected chi connectivity index (χ1v) is 6.65. The topological polar surface area (TPSA) is 82.3 Å². The molecule has 0 fully saturated rings. The molecule has 1 aromatic carbocycles. The Labute approximate surface area is 125 Å². The van der Waals surface area contributed by atoms with Gasteiger partial charge in [0.15, 0.2) is 0 Å². The van der Waals surface area contributed by atoms with Gasteiger partial charge in [0.1, 0.15) is 16.0 Å². The normalized spacial score (nSPS) is 12.0. The average molecular weight is 339 g/mol. The second-order valence-electron chi connectivity index (χ2n) is 3.98. The van der Waals surface area contributed by atoms with Crippen LogP contribution in [0.2, 0.25) is 0 Å². The zero-order valence-corrected chi connectivity index (χ0v) is 12.7. The zero-order valence-electron chi connectivity index (χ0n) is 11.1. The Balaban J connectivity index is 2.53. The van der Waals surface area contributed by atoms with Crippen LogP contribution in [0.1, 0.15) is 17.2 Å². The molecule has 0 saturated carbocycles. The minimum atomic E-state index is -0.261. The van der Waals surface area contributed by atoms with E-state index in [0.717, 1.165) is 15.6 Å². The van der Waals surface area contributed by atoms with Crippen LogP contribution < -0.4 is 20.7 Å². The molecule has 0 amide bonds. The fourth-order valence-electron chi connectivity index (χ4n) is 1.98. The number of nitrogens with zero attached hydrogens (tertiary/aromatic N) is 2. The predicted octanol–water partition coefficient (Wildman–Crippen LogP) is 1.81. The Morgan fingerprint density at radius 1 is 1.20 bits per heavy atom. The van der Waals surface area contributed by atoms with E-state index in [1.54, 1.807) is 26.6 Å². The molecule has 6 nitrogen and oxygen atoms in total. The summed E-state index contributed by atoms with van der Waals surface area (Å²) in [7, 11) is 3.20. The van der Waals surface area contributed by atoms with Gasteiger partial charge < -0.3 is 9.47 Å². The molecule has 0 radical (unpaired) electrons. The van der Waals surface area contributed by atoms with Crippen LogP contribution in [0, 0.1) is 0 Å². The summed E-state index contributed by atoms with van der Waals surface area (Å²) in [5.41, 5.74) is 4.52. The average Bonchev–Trinajstić information content (AvgIpc) is 2.49. The molecule has 0 aliphatic carbocycles. The van der Waals surface area contributed by atoms with Gasteiger partial charge in [0, 0.05) is 11.8 Å². The molecule has 1 atom stereocenters. The van der Waals surface area contributed by atoms with E-state index in [2.05, 4.69) is 31.6 Å². The fraction of sp³-hybridized carbons (Fsp3) is 0.231. The summed E-state index contributed by atoms with van der Waals surface area (Å²) >= 11 is 3.48. The number of aromatic nitrogens is 2. The van der Waals surface area contributed by atoms with E-state index in [1.165, 1.54) is 0 Å². The summed E-state index contributed by atoms with van der Waals surface area (Å²) in [6, 6.07) is 5.33. The smallest absolute Gasteiger partial charge is 0.141 e. The molecule has 106 valence electrons. The van der Waals surface area contributed by atoms with E-state index in [9.17, 15) is 0 Å². The summed E-state index contributed by atoms with van der Waals surface area (Å²) in [4.78, 5) is 0. The lowest BCUT2D eigenvalue weighted by Gasteiger charge is -2.20. The van der Waals surface area contributed by atoms with Crippen LogP contribution in [-0.2, 0) is 0 Å². The van der Waals surface area contributed by atoms with E-state index in [4.69, 9.17) is 15.3 Å². The van der Waals surface area contributed by atoms with Crippen molar-refractivity contribution in [2.24, 2.45) is 5.84 Å². The number of hydrazine groups is 1. The zero-order chi connectivity index (χ0) is 14.5. The molecule has 3 N–H and O–H groups in total. The van der Waals surface area contributed by atoms with Crippen molar-refractivity contribution in [2.45, 2.75) is 6.04 Å². The third-order valence-electron chi connectivity index (χ3n) is 2.93. The third kappa shape index (κ3) is 2.74. The Kier molecular flexibility index (Phi) is 4.89. The number of nitrogens with two attached hydrogens (primary N) is 1. The molecular formula is C13H15BrN4O2. The van der Waals surface area contributed by atoms with Gasteiger partial charge in [0.2, 0.25) is 0 Å². The first-order valence-electron chi connectivity index (χ1n) is 5.86. The SMILES string of the molecule is COc1ccc(C(NN)c2ccnnc2)c(OC)c1Br. The number of hydrogen-bond donors (Lipinski definition) is 2. The number of hydrogen-bond acceptors (Lipinski definition) is 6. The highest BCUT2D eigenvalue weighted by molar-refractivity contribution is 9.10. The van der Waals surface area contributed by atoms with Crippen LogP contribution >= 0.6 is 15.9 Å². The van der Waals surface area contributed by atoms with Gasteiger partial charge in [-0.15, -0.1) is 0 Å². The molecule has 1 unspecified atom stereocenters. The third-order valence-corrected chi connectivity index (χ3v) is 3.69. The molecule has 0 bridgehead atoms. The molecule has 1 heterocycles. The van der Waals surface area contributed by atoms with Gasteiger partial charge in [-0.05, 0) is 39.7 Å². The van der Waals surface area contributed by atoms with Crippen LogP contribution in [0.25, 0.3) is 0 Å². The number of rotatable bonds is 5. The first kappa shape index (κ1) is 14.7. The molecule has 0 aliphatic rings. The van der Waals surface area contributed by atoms with Crippen LogP contribution in [0.4, 0.5) is 0 Å². The van der Waals surface area contributed by atoms with Crippen LogP contribution in [-0.4, -0.2) is 24.4 Å². The number of methoxy groups -OCH3 is 2. The minimum absolute atomic E-state index is 0.261. The van der Waals surface area contributed by atoms with Gasteiger partial charge >= 0.3 is 0 Å². The highest BCUT2D eigenvalue weighted by Crippen LogP contribution is 2.40. The highest BCUT2D eigenvalue weighted by Gasteiger charge is 2.21. The van der Waals surface area contributed by atoms with Crippen molar-refractivity contribution in [1.29, 1.82) is 0 Å². The minimum Gasteiger partial charge on any atom is -0.495 e. The molecule has 7 heteroatoms. The van der Waals surface area contributed by atoms with Crippen LogP contribution in [0.3, 0.4) is 0 Å². The van der Waals surface area contributed by atoms with Crippen molar-refractivity contribution in [3.05, 3.63) is 46.2 Å². The Morgan fingerprint density at radius 2 is 2.00 bits per heavy atom. The molecule has 0 spiro atoms. The summed E-state index contributed by atoms with van der Waals surface area (Å²) in [6.45, 7) is 0. The second-order valence-corrected chi connectivity index (χ2v) is 4.77. The molecular weight excluding hydrogens is 324 g/mol. The molecule has 2 rings (SSSR count). The number of halogens is 1. The maximum absolute atomic E-state index is 5.68. The van der Waals surface area contributed by atoms with Crippen molar-refractivity contribution >= 4 is 15.9 Å². The standard InChI is InChI=1S/C13H15BrN4O2/c1-19-10-4-3-9(13(20-2)11(10)14)12(18-15)8-5-6-16-17-7-8/h3-7,12,18H,15H2,1-2H3. The van der Waals surface area contributed by atoms with Crippen molar-refractivity contribution in [2.75, 3.05) is 14.2 Å². The summed E-state index contributed by atoms with van der Waals surface area (Å²) < 4.78 is 11.5. The van der Waals surface area contributed by atoms with Crippen molar-refractivity contribution in [1.82, 2.24) is 15.6 Å². The van der Waals surface area contributed by atoms with Gasteiger partial charge in [0.05, 0.1) is 26.5 Å². The lowest BCUT2D eigenvalue weighted by molar-refractivity contribution is 0.382. The van der Waals surface area contributed by atoms with Gasteiger partial charge in [-0.3, -0.25) is 5.84 Å². The summed E-state index contributed by atoms with van der Waals surface area (Å²) in [5, 5.41) is 7.63. The Bertz CT molecular complexity index is 580. The van der Waals surface area contributed by atoms with E-state index >= 15 is 0 Å². The van der Waals surface area contributed by atoms with E-state index in [0.29, 0.717) is 11.5 Å². The lowest BCUT2D eigenvalue weighted by Crippen LogP contribution is -2.29. The van der Waals surface area contributed by atoms with Gasteiger partial charge in [-0.1, -0.05) is 0 Å². The van der Waals surface area contributed by atoms with Gasteiger partial charge in [-0.25, -0.2) is 5.43 Å². The Morgan fingerprint density at radius 3 is 2.55 bits per heavy atom. The van der Waals surface area contributed by atoms with Crippen molar-refractivity contribution < 1.29 is 9.47 Å². The number of benzene rings is 1. The lowest BCUT2D eigenvalue weighted by atomic mass is 10.00. The number of nitrogens with one attached hydrogen (secondary N) is 1. The van der Waals surface area contributed by atoms with Gasteiger partial charge in [-0.2, -0.15) is 10.2 Å². The predicted molar refractivity (Wildman–Crippen MR) is 78.4 cm³/mol. The maximum Gasteiger partial charge on any atom is 0.141 e. The largest absolute Gasteiger partial charge is 0.495 e. The van der Waals surface area contributed by atoms with Crippen LogP contribution in [0.5, 0.6) is 11.5 Å². The molecule has 0 saturated heterocycles. The van der Waals surface area contributed by atoms with E-state index in [-0.39, 0.29) is 6.04 Å². The fourth-order valence-corrected chi connectivity index (χ4v) is 2.67. The van der Waals surface area contributed by atoms with E-state index < -0.39 is 0 Å². The highest BCUT2D eigenvalue weighted by atomic mass is 79.9. The van der Waals surface area contributed by atoms with Crippen molar-refractivity contribution in [3.63, 3.8) is 0 Å². The number of ether oxygens (including phenoxy) is 2. The van der Waals surface area contributed by atoms with E-state index in [1.807, 2.05) is 18.2 Å².